The molecule has 0 fully saturated rings. The van der Waals surface area contributed by atoms with Gasteiger partial charge in [0.05, 0.1) is 17.0 Å². The maximum absolute atomic E-state index is 6.17. The molecule has 98 valence electrons. The molecule has 1 atom stereocenters. The van der Waals surface area contributed by atoms with Crippen molar-refractivity contribution in [2.45, 2.75) is 26.9 Å². The zero-order valence-electron chi connectivity index (χ0n) is 11.7. The number of rotatable bonds is 1. The van der Waals surface area contributed by atoms with Crippen LogP contribution >= 0.6 is 0 Å². The second kappa shape index (κ2) is 4.10. The lowest BCUT2D eigenvalue weighted by molar-refractivity contribution is 0.577. The number of aromatic nitrogens is 1. The Kier molecular flexibility index (Phi) is 2.64. The van der Waals surface area contributed by atoms with E-state index in [1.165, 1.54) is 21.5 Å². The quantitative estimate of drug-likeness (QED) is 0.829. The summed E-state index contributed by atoms with van der Waals surface area (Å²) in [6.07, 6.45) is 8.84. The Balaban J connectivity index is 2.57. The summed E-state index contributed by atoms with van der Waals surface area (Å²) in [5.74, 6) is 0. The topological polar surface area (TPSA) is 30.9 Å². The summed E-state index contributed by atoms with van der Waals surface area (Å²) in [6, 6.07) is 8.49. The summed E-state index contributed by atoms with van der Waals surface area (Å²) in [7, 11) is 0. The van der Waals surface area contributed by atoms with Gasteiger partial charge in [-0.05, 0) is 19.1 Å². The van der Waals surface area contributed by atoms with Crippen molar-refractivity contribution < 1.29 is 0 Å². The highest BCUT2D eigenvalue weighted by Gasteiger charge is 2.15. The van der Waals surface area contributed by atoms with Gasteiger partial charge < -0.3 is 10.3 Å². The zero-order valence-corrected chi connectivity index (χ0v) is 11.7. The van der Waals surface area contributed by atoms with Gasteiger partial charge in [-0.2, -0.15) is 0 Å². The largest absolute Gasteiger partial charge is 0.325 e. The number of nitrogens with zero attached hydrogens (tertiary/aromatic N) is 1. The lowest BCUT2D eigenvalue weighted by Gasteiger charge is -2.12. The molecule has 2 heteroatoms. The summed E-state index contributed by atoms with van der Waals surface area (Å²) >= 11 is 0. The summed E-state index contributed by atoms with van der Waals surface area (Å²) in [5, 5.41) is 3.78. The van der Waals surface area contributed by atoms with E-state index in [9.17, 15) is 0 Å². The first-order valence-corrected chi connectivity index (χ1v) is 6.76. The molecule has 1 aliphatic rings. The van der Waals surface area contributed by atoms with Crippen molar-refractivity contribution in [3.05, 3.63) is 47.0 Å². The highest BCUT2D eigenvalue weighted by atomic mass is 15.1. The number of nitrogens with two attached hydrogens (primary N) is 1. The van der Waals surface area contributed by atoms with Crippen LogP contribution in [0.3, 0.4) is 0 Å². The predicted molar refractivity (Wildman–Crippen MR) is 81.9 cm³/mol. The fourth-order valence-electron chi connectivity index (χ4n) is 2.88. The van der Waals surface area contributed by atoms with Crippen molar-refractivity contribution in [3.8, 4) is 0 Å². The van der Waals surface area contributed by atoms with Crippen molar-refractivity contribution in [2.75, 3.05) is 0 Å². The van der Waals surface area contributed by atoms with Gasteiger partial charge in [0.25, 0.3) is 0 Å². The molecule has 1 aromatic heterocycles. The van der Waals surface area contributed by atoms with Crippen LogP contribution in [0.5, 0.6) is 0 Å². The van der Waals surface area contributed by atoms with Crippen LogP contribution in [0.15, 0.2) is 36.4 Å². The zero-order chi connectivity index (χ0) is 13.6. The number of benzene rings is 1. The minimum absolute atomic E-state index is 0.0343. The van der Waals surface area contributed by atoms with E-state index >= 15 is 0 Å². The Labute approximate surface area is 113 Å². The first kappa shape index (κ1) is 12.2. The van der Waals surface area contributed by atoms with Crippen LogP contribution in [0.25, 0.3) is 23.1 Å². The van der Waals surface area contributed by atoms with Crippen molar-refractivity contribution in [2.24, 2.45) is 11.1 Å². The van der Waals surface area contributed by atoms with Crippen LogP contribution in [-0.2, 0) is 0 Å². The van der Waals surface area contributed by atoms with Gasteiger partial charge >= 0.3 is 0 Å². The van der Waals surface area contributed by atoms with Gasteiger partial charge in [-0.3, -0.25) is 0 Å². The number of hydrogen-bond donors (Lipinski definition) is 1. The third-order valence-corrected chi connectivity index (χ3v) is 3.69. The maximum Gasteiger partial charge on any atom is 0.0792 e. The summed E-state index contributed by atoms with van der Waals surface area (Å²) in [5.41, 5.74) is 7.45. The predicted octanol–water partition coefficient (Wildman–Crippen LogP) is 2.28. The van der Waals surface area contributed by atoms with Crippen molar-refractivity contribution in [3.63, 3.8) is 0 Å². The Morgan fingerprint density at radius 1 is 1.21 bits per heavy atom. The molecule has 0 saturated carbocycles. The SMILES string of the molecule is CC(N)n1c2c(c3ccccc31)=CC(C)(C)C=CC=2. The van der Waals surface area contributed by atoms with E-state index in [0.717, 1.165) is 0 Å². The fraction of sp³-hybridized carbons (Fsp3) is 0.294. The molecule has 0 amide bonds. The van der Waals surface area contributed by atoms with Crippen LogP contribution in [0.2, 0.25) is 0 Å². The minimum Gasteiger partial charge on any atom is -0.325 e. The van der Waals surface area contributed by atoms with Gasteiger partial charge in [0, 0.05) is 16.0 Å². The molecule has 2 nitrogen and oxygen atoms in total. The monoisotopic (exact) mass is 252 g/mol. The molecular formula is C17H20N2. The second-order valence-corrected chi connectivity index (χ2v) is 5.92. The van der Waals surface area contributed by atoms with E-state index in [2.05, 4.69) is 67.0 Å². The lowest BCUT2D eigenvalue weighted by Crippen LogP contribution is -2.34. The van der Waals surface area contributed by atoms with Crippen molar-refractivity contribution >= 4 is 23.1 Å². The van der Waals surface area contributed by atoms with Crippen LogP contribution in [0, 0.1) is 5.41 Å². The third kappa shape index (κ3) is 1.92. The Morgan fingerprint density at radius 3 is 2.68 bits per heavy atom. The van der Waals surface area contributed by atoms with E-state index in [0.29, 0.717) is 0 Å². The molecule has 0 bridgehead atoms. The molecule has 1 heterocycles. The van der Waals surface area contributed by atoms with E-state index in [-0.39, 0.29) is 11.6 Å². The van der Waals surface area contributed by atoms with E-state index in [1.807, 2.05) is 6.92 Å². The van der Waals surface area contributed by atoms with E-state index in [4.69, 9.17) is 5.73 Å². The molecule has 1 aromatic carbocycles. The van der Waals surface area contributed by atoms with Crippen molar-refractivity contribution in [1.29, 1.82) is 0 Å². The molecule has 3 rings (SSSR count). The average Bonchev–Trinajstić information content (AvgIpc) is 2.54. The molecule has 2 N–H and O–H groups in total. The van der Waals surface area contributed by atoms with Crippen LogP contribution in [0.4, 0.5) is 0 Å². The molecular weight excluding hydrogens is 232 g/mol. The third-order valence-electron chi connectivity index (χ3n) is 3.69. The second-order valence-electron chi connectivity index (χ2n) is 5.92. The number of allylic oxidation sites excluding steroid dienone is 2. The summed E-state index contributed by atoms with van der Waals surface area (Å²) in [4.78, 5) is 0. The molecule has 0 spiro atoms. The summed E-state index contributed by atoms with van der Waals surface area (Å²) in [6.45, 7) is 6.48. The van der Waals surface area contributed by atoms with Gasteiger partial charge in [-0.1, -0.05) is 50.3 Å². The molecule has 0 aliphatic heterocycles. The highest BCUT2D eigenvalue weighted by Crippen LogP contribution is 2.21. The molecule has 1 aliphatic carbocycles. The number of fused-ring (bicyclic) bond motifs is 3. The van der Waals surface area contributed by atoms with Gasteiger partial charge in [0.2, 0.25) is 0 Å². The Hall–Kier alpha value is -1.80. The van der Waals surface area contributed by atoms with Gasteiger partial charge in [-0.15, -0.1) is 0 Å². The molecule has 0 saturated heterocycles. The molecule has 0 radical (unpaired) electrons. The Bertz CT molecular complexity index is 773. The Morgan fingerprint density at radius 2 is 1.95 bits per heavy atom. The first-order valence-electron chi connectivity index (χ1n) is 6.76. The van der Waals surface area contributed by atoms with Gasteiger partial charge in [-0.25, -0.2) is 0 Å². The molecule has 1 unspecified atom stereocenters. The molecule has 19 heavy (non-hydrogen) atoms. The highest BCUT2D eigenvalue weighted by molar-refractivity contribution is 5.83. The molecule has 2 aromatic rings. The van der Waals surface area contributed by atoms with Crippen LogP contribution in [0.1, 0.15) is 26.9 Å². The van der Waals surface area contributed by atoms with Crippen LogP contribution < -0.4 is 16.3 Å². The first-order chi connectivity index (χ1) is 8.99. The van der Waals surface area contributed by atoms with Gasteiger partial charge in [0.15, 0.2) is 0 Å². The maximum atomic E-state index is 6.17. The van der Waals surface area contributed by atoms with Crippen LogP contribution in [-0.4, -0.2) is 4.57 Å². The fourth-order valence-corrected chi connectivity index (χ4v) is 2.88. The summed E-state index contributed by atoms with van der Waals surface area (Å²) < 4.78 is 2.22. The normalized spacial score (nSPS) is 18.3. The standard InChI is InChI=1S/C17H20N2/c1-12(18)19-15-8-5-4-7-13(15)14-11-17(2,3)10-6-9-16(14)19/h4-12H,18H2,1-3H3. The average molecular weight is 252 g/mol. The smallest absolute Gasteiger partial charge is 0.0792 e. The van der Waals surface area contributed by atoms with Gasteiger partial charge in [0.1, 0.15) is 0 Å². The van der Waals surface area contributed by atoms with Crippen molar-refractivity contribution in [1.82, 2.24) is 4.57 Å². The van der Waals surface area contributed by atoms with E-state index < -0.39 is 0 Å². The lowest BCUT2D eigenvalue weighted by atomic mass is 9.92. The number of para-hydroxylation sites is 1. The number of hydrogen-bond acceptors (Lipinski definition) is 1. The minimum atomic E-state index is -0.0343. The van der Waals surface area contributed by atoms with E-state index in [1.54, 1.807) is 0 Å².